The fourth-order valence-electron chi connectivity index (χ4n) is 2.33. The molecule has 0 radical (unpaired) electrons. The molecule has 10 nitrogen and oxygen atoms in total. The van der Waals surface area contributed by atoms with Gasteiger partial charge in [-0.1, -0.05) is 0 Å². The van der Waals surface area contributed by atoms with Crippen molar-refractivity contribution < 1.29 is 47.6 Å². The van der Waals surface area contributed by atoms with Crippen LogP contribution in [0.25, 0.3) is 0 Å². The van der Waals surface area contributed by atoms with Crippen LogP contribution in [0.4, 0.5) is 4.79 Å². The zero-order valence-corrected chi connectivity index (χ0v) is 12.7. The third kappa shape index (κ3) is 4.09. The van der Waals surface area contributed by atoms with E-state index in [-0.39, 0.29) is 6.61 Å². The molecule has 0 aromatic carbocycles. The number of ether oxygens (including phenoxy) is 6. The van der Waals surface area contributed by atoms with Crippen molar-refractivity contribution in [3.05, 3.63) is 0 Å². The predicted molar refractivity (Wildman–Crippen MR) is 67.8 cm³/mol. The number of hydrogen-bond donors (Lipinski definition) is 0. The molecule has 0 N–H and O–H groups in total. The number of hydrogen-bond acceptors (Lipinski definition) is 10. The highest BCUT2D eigenvalue weighted by molar-refractivity contribution is 5.68. The maximum Gasteiger partial charge on any atom is 0.511 e. The molecule has 2 aliphatic rings. The molecule has 2 fully saturated rings. The fraction of sp³-hybridized carbons (Fsp3) is 0.692. The SMILES string of the molecule is CC(=O)OC[C@H]1O[C@@H]2OC(=O)O[C@@H]2[C@@H](OC(C)=O)[C@@H]1OC(C)=O. The normalized spacial score (nSPS) is 32.1. The smallest absolute Gasteiger partial charge is 0.463 e. The van der Waals surface area contributed by atoms with E-state index in [0.29, 0.717) is 0 Å². The predicted octanol–water partition coefficient (Wildman–Crippen LogP) is -0.327. The number of fused-ring (bicyclic) bond motifs is 1. The molecule has 0 aromatic rings. The Labute approximate surface area is 130 Å². The van der Waals surface area contributed by atoms with Crippen LogP contribution in [0, 0.1) is 0 Å². The minimum atomic E-state index is -1.17. The van der Waals surface area contributed by atoms with E-state index in [2.05, 4.69) is 0 Å². The van der Waals surface area contributed by atoms with Crippen LogP contribution >= 0.6 is 0 Å². The lowest BCUT2D eigenvalue weighted by Crippen LogP contribution is -2.60. The minimum Gasteiger partial charge on any atom is -0.463 e. The zero-order valence-electron chi connectivity index (χ0n) is 12.7. The topological polar surface area (TPSA) is 124 Å². The molecule has 2 aliphatic heterocycles. The first-order valence-electron chi connectivity index (χ1n) is 6.78. The summed E-state index contributed by atoms with van der Waals surface area (Å²) >= 11 is 0. The van der Waals surface area contributed by atoms with Crippen LogP contribution < -0.4 is 0 Å². The Hall–Kier alpha value is -2.36. The van der Waals surface area contributed by atoms with Crippen LogP contribution in [0.2, 0.25) is 0 Å². The molecule has 0 amide bonds. The van der Waals surface area contributed by atoms with Gasteiger partial charge in [0.1, 0.15) is 12.7 Å². The van der Waals surface area contributed by atoms with Gasteiger partial charge in [0.05, 0.1) is 0 Å². The summed E-state index contributed by atoms with van der Waals surface area (Å²) in [6.45, 7) is 3.20. The van der Waals surface area contributed by atoms with Crippen molar-refractivity contribution in [2.24, 2.45) is 0 Å². The molecular formula is C13H16O10. The maximum atomic E-state index is 11.3. The van der Waals surface area contributed by atoms with Gasteiger partial charge in [0.15, 0.2) is 12.2 Å². The molecular weight excluding hydrogens is 316 g/mol. The van der Waals surface area contributed by atoms with Gasteiger partial charge in [0.25, 0.3) is 0 Å². The molecule has 2 heterocycles. The second-order valence-corrected chi connectivity index (χ2v) is 4.94. The van der Waals surface area contributed by atoms with Gasteiger partial charge in [0.2, 0.25) is 12.4 Å². The minimum absolute atomic E-state index is 0.286. The molecule has 23 heavy (non-hydrogen) atoms. The van der Waals surface area contributed by atoms with Crippen LogP contribution in [-0.2, 0) is 42.8 Å². The first-order chi connectivity index (χ1) is 10.8. The third-order valence-electron chi connectivity index (χ3n) is 3.09. The molecule has 0 saturated carbocycles. The lowest BCUT2D eigenvalue weighted by Gasteiger charge is -2.39. The van der Waals surface area contributed by atoms with Gasteiger partial charge in [-0.2, -0.15) is 0 Å². The molecule has 2 rings (SSSR count). The number of rotatable bonds is 4. The summed E-state index contributed by atoms with van der Waals surface area (Å²) in [6.07, 6.45) is -6.55. The van der Waals surface area contributed by atoms with E-state index < -0.39 is 54.8 Å². The van der Waals surface area contributed by atoms with Crippen molar-refractivity contribution in [3.8, 4) is 0 Å². The number of carbonyl (C=O) groups is 4. The molecule has 5 atom stereocenters. The van der Waals surface area contributed by atoms with Crippen LogP contribution in [0.3, 0.4) is 0 Å². The van der Waals surface area contributed by atoms with Crippen molar-refractivity contribution in [1.82, 2.24) is 0 Å². The van der Waals surface area contributed by atoms with Gasteiger partial charge in [-0.15, -0.1) is 0 Å². The van der Waals surface area contributed by atoms with E-state index in [1.54, 1.807) is 0 Å². The van der Waals surface area contributed by atoms with Crippen LogP contribution in [-0.4, -0.2) is 61.4 Å². The Kier molecular flexibility index (Phi) is 5.04. The monoisotopic (exact) mass is 332 g/mol. The highest BCUT2D eigenvalue weighted by atomic mass is 16.9. The largest absolute Gasteiger partial charge is 0.511 e. The van der Waals surface area contributed by atoms with E-state index in [9.17, 15) is 19.2 Å². The maximum absolute atomic E-state index is 11.3. The van der Waals surface area contributed by atoms with Crippen LogP contribution in [0.15, 0.2) is 0 Å². The summed E-state index contributed by atoms with van der Waals surface area (Å²) in [4.78, 5) is 44.9. The van der Waals surface area contributed by atoms with E-state index in [1.807, 2.05) is 0 Å². The molecule has 10 heteroatoms. The van der Waals surface area contributed by atoms with Crippen LogP contribution in [0.1, 0.15) is 20.8 Å². The summed E-state index contributed by atoms with van der Waals surface area (Å²) in [5.41, 5.74) is 0. The van der Waals surface area contributed by atoms with Gasteiger partial charge < -0.3 is 28.4 Å². The second kappa shape index (κ2) is 6.82. The van der Waals surface area contributed by atoms with Crippen molar-refractivity contribution in [2.75, 3.05) is 6.61 Å². The first-order valence-corrected chi connectivity index (χ1v) is 6.78. The summed E-state index contributed by atoms with van der Waals surface area (Å²) in [7, 11) is 0. The van der Waals surface area contributed by atoms with Crippen molar-refractivity contribution in [2.45, 2.75) is 51.5 Å². The molecule has 0 unspecified atom stereocenters. The number of esters is 3. The average Bonchev–Trinajstić information content (AvgIpc) is 2.78. The lowest BCUT2D eigenvalue weighted by atomic mass is 9.98. The van der Waals surface area contributed by atoms with E-state index in [0.717, 1.165) is 13.8 Å². The molecule has 0 aliphatic carbocycles. The summed E-state index contributed by atoms with van der Waals surface area (Å²) in [5.74, 6) is -1.93. The van der Waals surface area contributed by atoms with E-state index in [4.69, 9.17) is 28.4 Å². The summed E-state index contributed by atoms with van der Waals surface area (Å²) < 4.78 is 30.2. The van der Waals surface area contributed by atoms with Gasteiger partial charge >= 0.3 is 24.1 Å². The molecule has 128 valence electrons. The Morgan fingerprint density at radius 3 is 2.13 bits per heavy atom. The van der Waals surface area contributed by atoms with Gasteiger partial charge in [-0.3, -0.25) is 14.4 Å². The van der Waals surface area contributed by atoms with Crippen LogP contribution in [0.5, 0.6) is 0 Å². The molecule has 0 aromatic heterocycles. The summed E-state index contributed by atoms with van der Waals surface area (Å²) in [5, 5.41) is 0. The Morgan fingerprint density at radius 2 is 1.57 bits per heavy atom. The molecule has 0 bridgehead atoms. The van der Waals surface area contributed by atoms with Gasteiger partial charge in [0, 0.05) is 20.8 Å². The quantitative estimate of drug-likeness (QED) is 0.499. The highest BCUT2D eigenvalue weighted by Crippen LogP contribution is 2.33. The van der Waals surface area contributed by atoms with Gasteiger partial charge in [-0.05, 0) is 0 Å². The fourth-order valence-corrected chi connectivity index (χ4v) is 2.33. The van der Waals surface area contributed by atoms with E-state index in [1.165, 1.54) is 6.92 Å². The Bertz CT molecular complexity index is 515. The zero-order chi connectivity index (χ0) is 17.1. The van der Waals surface area contributed by atoms with Crippen molar-refractivity contribution >= 4 is 24.1 Å². The first kappa shape index (κ1) is 17.0. The Balaban J connectivity index is 2.25. The average molecular weight is 332 g/mol. The molecule has 0 spiro atoms. The standard InChI is InChI=1S/C13H16O10/c1-5(14)18-4-8-9(19-6(2)15)10(20-7(3)16)11-12(21-8)23-13(17)22-11/h8-12H,4H2,1-3H3/t8-,9-,10+,11-,12-/m1/s1. The van der Waals surface area contributed by atoms with Gasteiger partial charge in [-0.25, -0.2) is 4.79 Å². The molecule has 2 saturated heterocycles. The summed E-state index contributed by atoms with van der Waals surface area (Å²) in [6, 6.07) is 0. The van der Waals surface area contributed by atoms with E-state index >= 15 is 0 Å². The highest BCUT2D eigenvalue weighted by Gasteiger charge is 2.57. The number of carbonyl (C=O) groups excluding carboxylic acids is 4. The second-order valence-electron chi connectivity index (χ2n) is 4.94. The van der Waals surface area contributed by atoms with Crippen molar-refractivity contribution in [3.63, 3.8) is 0 Å². The Morgan fingerprint density at radius 1 is 0.957 bits per heavy atom. The third-order valence-corrected chi connectivity index (χ3v) is 3.09. The lowest BCUT2D eigenvalue weighted by molar-refractivity contribution is -0.262. The van der Waals surface area contributed by atoms with Crippen molar-refractivity contribution in [1.29, 1.82) is 0 Å².